The van der Waals surface area contributed by atoms with Gasteiger partial charge >= 0.3 is 12.0 Å². The quantitative estimate of drug-likeness (QED) is 0.790. The molecule has 3 rings (SSSR count). The van der Waals surface area contributed by atoms with Crippen LogP contribution in [0.25, 0.3) is 0 Å². The van der Waals surface area contributed by atoms with Gasteiger partial charge in [0, 0.05) is 16.8 Å². The topological polar surface area (TPSA) is 87.7 Å². The van der Waals surface area contributed by atoms with Gasteiger partial charge in [0.05, 0.1) is 19.6 Å². The number of fused-ring (bicyclic) bond motifs is 1. The lowest BCUT2D eigenvalue weighted by molar-refractivity contribution is -0.146. The number of piperazine rings is 1. The molecule has 1 aliphatic carbocycles. The number of esters is 1. The largest absolute Gasteiger partial charge is 0.469 e. The number of nitrogens with one attached hydrogen (secondary N) is 2. The summed E-state index contributed by atoms with van der Waals surface area (Å²) in [5, 5.41) is 6.34. The number of anilines is 1. The van der Waals surface area contributed by atoms with Crippen LogP contribution in [0.2, 0.25) is 5.02 Å². The lowest BCUT2D eigenvalue weighted by Crippen LogP contribution is -2.68. The Labute approximate surface area is 157 Å². The zero-order valence-corrected chi connectivity index (χ0v) is 15.3. The van der Waals surface area contributed by atoms with Crippen LogP contribution in [0, 0.1) is 0 Å². The number of amides is 3. The second-order valence-corrected chi connectivity index (χ2v) is 7.04. The molecule has 7 nitrogen and oxygen atoms in total. The van der Waals surface area contributed by atoms with Gasteiger partial charge in [0.1, 0.15) is 6.04 Å². The summed E-state index contributed by atoms with van der Waals surface area (Å²) in [5.41, 5.74) is 0.578. The fourth-order valence-corrected chi connectivity index (χ4v) is 3.82. The van der Waals surface area contributed by atoms with Crippen LogP contribution in [-0.4, -0.2) is 48.0 Å². The molecule has 1 aromatic carbocycles. The van der Waals surface area contributed by atoms with Crippen molar-refractivity contribution in [2.75, 3.05) is 12.4 Å². The Morgan fingerprint density at radius 2 is 1.96 bits per heavy atom. The van der Waals surface area contributed by atoms with E-state index in [4.69, 9.17) is 16.3 Å². The number of methoxy groups -OCH3 is 1. The number of carbonyl (C=O) groups is 3. The number of rotatable bonds is 3. The summed E-state index contributed by atoms with van der Waals surface area (Å²) < 4.78 is 4.70. The number of benzene rings is 1. The molecule has 1 heterocycles. The van der Waals surface area contributed by atoms with Crippen LogP contribution in [0.15, 0.2) is 24.3 Å². The average molecular weight is 380 g/mol. The Morgan fingerprint density at radius 3 is 2.65 bits per heavy atom. The maximum atomic E-state index is 13.0. The molecule has 2 aliphatic rings. The summed E-state index contributed by atoms with van der Waals surface area (Å²) in [6.07, 6.45) is 3.44. The summed E-state index contributed by atoms with van der Waals surface area (Å²) in [6, 6.07) is 5.24. The predicted molar refractivity (Wildman–Crippen MR) is 96.9 cm³/mol. The number of nitrogens with zero attached hydrogens (tertiary/aromatic N) is 1. The molecule has 0 aromatic heterocycles. The molecule has 140 valence electrons. The summed E-state index contributed by atoms with van der Waals surface area (Å²) in [5.74, 6) is -0.839. The normalized spacial score (nSPS) is 25.1. The average Bonchev–Trinajstić information content (AvgIpc) is 2.63. The van der Waals surface area contributed by atoms with Crippen molar-refractivity contribution in [1.29, 1.82) is 0 Å². The van der Waals surface area contributed by atoms with Gasteiger partial charge in [0.2, 0.25) is 5.91 Å². The third-order valence-corrected chi connectivity index (χ3v) is 5.22. The maximum Gasteiger partial charge on any atom is 0.322 e. The van der Waals surface area contributed by atoms with E-state index in [0.29, 0.717) is 10.7 Å². The molecule has 3 atom stereocenters. The van der Waals surface area contributed by atoms with Gasteiger partial charge in [0.15, 0.2) is 0 Å². The van der Waals surface area contributed by atoms with Gasteiger partial charge in [-0.1, -0.05) is 24.4 Å². The van der Waals surface area contributed by atoms with Crippen molar-refractivity contribution in [3.05, 3.63) is 29.3 Å². The fourth-order valence-electron chi connectivity index (χ4n) is 3.69. The minimum absolute atomic E-state index is 0.0823. The van der Waals surface area contributed by atoms with Gasteiger partial charge in [-0.05, 0) is 37.1 Å². The number of ether oxygens (including phenoxy) is 1. The van der Waals surface area contributed by atoms with Crippen LogP contribution < -0.4 is 10.6 Å². The SMILES string of the molecule is COC(=O)C[C@@H]1C(=O)N[C@@H]2CCCC[C@H]2N1C(=O)Nc1ccc(Cl)cc1. The van der Waals surface area contributed by atoms with Gasteiger partial charge in [-0.25, -0.2) is 4.79 Å². The highest BCUT2D eigenvalue weighted by Gasteiger charge is 2.46. The first-order valence-corrected chi connectivity index (χ1v) is 9.09. The summed E-state index contributed by atoms with van der Waals surface area (Å²) >= 11 is 5.88. The van der Waals surface area contributed by atoms with Gasteiger partial charge in [-0.15, -0.1) is 0 Å². The molecule has 8 heteroatoms. The molecular weight excluding hydrogens is 358 g/mol. The van der Waals surface area contributed by atoms with E-state index in [1.807, 2.05) is 0 Å². The summed E-state index contributed by atoms with van der Waals surface area (Å²) in [6.45, 7) is 0. The Balaban J connectivity index is 1.85. The van der Waals surface area contributed by atoms with Crippen molar-refractivity contribution in [3.63, 3.8) is 0 Å². The van der Waals surface area contributed by atoms with Crippen molar-refractivity contribution >= 4 is 35.2 Å². The monoisotopic (exact) mass is 379 g/mol. The summed E-state index contributed by atoms with van der Waals surface area (Å²) in [4.78, 5) is 38.8. The van der Waals surface area contributed by atoms with Gasteiger partial charge in [0.25, 0.3) is 0 Å². The van der Waals surface area contributed by atoms with Gasteiger partial charge in [-0.3, -0.25) is 9.59 Å². The lowest BCUT2D eigenvalue weighted by Gasteiger charge is -2.47. The molecule has 1 aromatic rings. The van der Waals surface area contributed by atoms with Crippen molar-refractivity contribution in [2.45, 2.75) is 50.2 Å². The zero-order valence-electron chi connectivity index (χ0n) is 14.5. The summed E-state index contributed by atoms with van der Waals surface area (Å²) in [7, 11) is 1.27. The number of hydrogen-bond acceptors (Lipinski definition) is 4. The van der Waals surface area contributed by atoms with E-state index in [1.165, 1.54) is 12.0 Å². The minimum atomic E-state index is -0.880. The molecule has 1 aliphatic heterocycles. The van der Waals surface area contributed by atoms with E-state index in [0.717, 1.165) is 25.7 Å². The molecular formula is C18H22ClN3O4. The maximum absolute atomic E-state index is 13.0. The molecule has 2 N–H and O–H groups in total. The number of urea groups is 1. The Hall–Kier alpha value is -2.28. The second kappa shape index (κ2) is 7.95. The molecule has 0 radical (unpaired) electrons. The van der Waals surface area contributed by atoms with Crippen LogP contribution in [0.3, 0.4) is 0 Å². The predicted octanol–water partition coefficient (Wildman–Crippen LogP) is 2.55. The smallest absolute Gasteiger partial charge is 0.322 e. The van der Waals surface area contributed by atoms with E-state index >= 15 is 0 Å². The minimum Gasteiger partial charge on any atom is -0.469 e. The molecule has 2 fully saturated rings. The zero-order chi connectivity index (χ0) is 18.7. The molecule has 0 unspecified atom stereocenters. The highest BCUT2D eigenvalue weighted by Crippen LogP contribution is 2.30. The van der Waals surface area contributed by atoms with E-state index in [-0.39, 0.29) is 24.4 Å². The van der Waals surface area contributed by atoms with Crippen LogP contribution in [0.4, 0.5) is 10.5 Å². The molecule has 3 amide bonds. The van der Waals surface area contributed by atoms with Crippen LogP contribution in [0.5, 0.6) is 0 Å². The fraction of sp³-hybridized carbons (Fsp3) is 0.500. The van der Waals surface area contributed by atoms with E-state index in [2.05, 4.69) is 10.6 Å². The molecule has 1 saturated carbocycles. The van der Waals surface area contributed by atoms with Crippen LogP contribution in [0.1, 0.15) is 32.1 Å². The molecule has 0 spiro atoms. The Morgan fingerprint density at radius 1 is 1.27 bits per heavy atom. The first-order valence-electron chi connectivity index (χ1n) is 8.71. The van der Waals surface area contributed by atoms with E-state index in [1.54, 1.807) is 24.3 Å². The number of carbonyl (C=O) groups excluding carboxylic acids is 3. The van der Waals surface area contributed by atoms with Crippen molar-refractivity contribution in [3.8, 4) is 0 Å². The number of hydrogen-bond donors (Lipinski definition) is 2. The van der Waals surface area contributed by atoms with Gasteiger partial charge in [-0.2, -0.15) is 0 Å². The number of halogens is 1. The van der Waals surface area contributed by atoms with Crippen LogP contribution in [-0.2, 0) is 14.3 Å². The third-order valence-electron chi connectivity index (χ3n) is 4.97. The van der Waals surface area contributed by atoms with Gasteiger partial charge < -0.3 is 20.3 Å². The van der Waals surface area contributed by atoms with E-state index < -0.39 is 18.0 Å². The third kappa shape index (κ3) is 3.93. The van der Waals surface area contributed by atoms with E-state index in [9.17, 15) is 14.4 Å². The Bertz CT molecular complexity index is 694. The van der Waals surface area contributed by atoms with Crippen molar-refractivity contribution in [1.82, 2.24) is 10.2 Å². The molecule has 1 saturated heterocycles. The van der Waals surface area contributed by atoms with Crippen molar-refractivity contribution in [2.24, 2.45) is 0 Å². The first kappa shape index (κ1) is 18.5. The second-order valence-electron chi connectivity index (χ2n) is 6.61. The molecule has 26 heavy (non-hydrogen) atoms. The highest BCUT2D eigenvalue weighted by molar-refractivity contribution is 6.30. The van der Waals surface area contributed by atoms with Crippen LogP contribution >= 0.6 is 11.6 Å². The van der Waals surface area contributed by atoms with Crippen molar-refractivity contribution < 1.29 is 19.1 Å². The lowest BCUT2D eigenvalue weighted by atomic mass is 9.85. The standard InChI is InChI=1S/C18H22ClN3O4/c1-26-16(23)10-15-17(24)21-13-4-2-3-5-14(13)22(15)18(25)20-12-8-6-11(19)7-9-12/h6-9,13-15H,2-5,10H2,1H3,(H,20,25)(H,21,24)/t13-,14-,15-/m1/s1. The molecule has 0 bridgehead atoms. The Kier molecular flexibility index (Phi) is 5.66. The first-order chi connectivity index (χ1) is 12.5. The highest BCUT2D eigenvalue weighted by atomic mass is 35.5.